The molecule has 0 spiro atoms. The summed E-state index contributed by atoms with van der Waals surface area (Å²) < 4.78 is 2.33. The molecule has 1 unspecified atom stereocenters. The average Bonchev–Trinajstić information content (AvgIpc) is 2.24. The maximum atomic E-state index is 2.33. The number of hydrogen-bond donors (Lipinski definition) is 0. The zero-order valence-electron chi connectivity index (χ0n) is 10.4. The first-order valence-electron chi connectivity index (χ1n) is 6.21. The lowest BCUT2D eigenvalue weighted by atomic mass is 10.1. The van der Waals surface area contributed by atoms with E-state index in [2.05, 4.69) is 49.9 Å². The molecule has 0 bridgehead atoms. The van der Waals surface area contributed by atoms with E-state index in [1.807, 2.05) is 0 Å². The molecule has 1 aromatic heterocycles. The summed E-state index contributed by atoms with van der Waals surface area (Å²) in [7, 11) is 0. The van der Waals surface area contributed by atoms with E-state index in [9.17, 15) is 0 Å². The van der Waals surface area contributed by atoms with Crippen LogP contribution in [0.2, 0.25) is 0 Å². The summed E-state index contributed by atoms with van der Waals surface area (Å²) in [6.07, 6.45) is 11.2. The van der Waals surface area contributed by atoms with Crippen molar-refractivity contribution in [2.75, 3.05) is 0 Å². The molecule has 1 heterocycles. The van der Waals surface area contributed by atoms with Gasteiger partial charge in [0.2, 0.25) is 0 Å². The minimum absolute atomic E-state index is 0.641. The second-order valence-electron chi connectivity index (χ2n) is 4.53. The van der Waals surface area contributed by atoms with E-state index in [0.717, 1.165) is 0 Å². The van der Waals surface area contributed by atoms with Crippen LogP contribution in [0.25, 0.3) is 0 Å². The standard InChI is InChI=1S/C14H24N/c1-4-5-6-7-10-14(3)15-11-8-9-13(2)12-15/h8-9,11-12,14H,4-7,10H2,1-3H3/q+1. The van der Waals surface area contributed by atoms with Gasteiger partial charge in [0.25, 0.3) is 0 Å². The van der Waals surface area contributed by atoms with Crippen molar-refractivity contribution < 1.29 is 4.57 Å². The average molecular weight is 206 g/mol. The van der Waals surface area contributed by atoms with Crippen LogP contribution in [0.1, 0.15) is 57.6 Å². The van der Waals surface area contributed by atoms with Crippen LogP contribution in [-0.4, -0.2) is 0 Å². The molecular weight excluding hydrogens is 182 g/mol. The Labute approximate surface area is 94.1 Å². The number of aromatic nitrogens is 1. The van der Waals surface area contributed by atoms with Crippen LogP contribution >= 0.6 is 0 Å². The van der Waals surface area contributed by atoms with E-state index in [-0.39, 0.29) is 0 Å². The van der Waals surface area contributed by atoms with E-state index < -0.39 is 0 Å². The molecular formula is C14H24N+. The van der Waals surface area contributed by atoms with Crippen molar-refractivity contribution in [3.05, 3.63) is 30.1 Å². The van der Waals surface area contributed by atoms with Crippen LogP contribution in [0.3, 0.4) is 0 Å². The first-order chi connectivity index (χ1) is 7.24. The smallest absolute Gasteiger partial charge is 0.171 e. The highest BCUT2D eigenvalue weighted by Crippen LogP contribution is 2.10. The fourth-order valence-corrected chi connectivity index (χ4v) is 1.91. The van der Waals surface area contributed by atoms with Crippen molar-refractivity contribution in [2.24, 2.45) is 0 Å². The van der Waals surface area contributed by atoms with Crippen molar-refractivity contribution in [1.82, 2.24) is 0 Å². The summed E-state index contributed by atoms with van der Waals surface area (Å²) in [5.74, 6) is 0. The topological polar surface area (TPSA) is 3.88 Å². The Balaban J connectivity index is 2.36. The number of unbranched alkanes of at least 4 members (excludes halogenated alkanes) is 3. The monoisotopic (exact) mass is 206 g/mol. The van der Waals surface area contributed by atoms with Gasteiger partial charge in [0, 0.05) is 18.1 Å². The molecule has 1 nitrogen and oxygen atoms in total. The number of pyridine rings is 1. The molecule has 0 radical (unpaired) electrons. The predicted molar refractivity (Wildman–Crippen MR) is 64.8 cm³/mol. The third-order valence-corrected chi connectivity index (χ3v) is 2.95. The van der Waals surface area contributed by atoms with E-state index >= 15 is 0 Å². The minimum Gasteiger partial charge on any atom is -0.203 e. The van der Waals surface area contributed by atoms with Crippen LogP contribution in [0, 0.1) is 6.92 Å². The van der Waals surface area contributed by atoms with Crippen molar-refractivity contribution >= 4 is 0 Å². The van der Waals surface area contributed by atoms with E-state index in [4.69, 9.17) is 0 Å². The van der Waals surface area contributed by atoms with Crippen LogP contribution in [0.15, 0.2) is 24.5 Å². The highest BCUT2D eigenvalue weighted by atomic mass is 15.0. The fraction of sp³-hybridized carbons (Fsp3) is 0.643. The first kappa shape index (κ1) is 12.2. The maximum absolute atomic E-state index is 2.33. The molecule has 1 atom stereocenters. The molecule has 0 aliphatic rings. The molecule has 84 valence electrons. The molecule has 1 rings (SSSR count). The molecule has 1 heteroatoms. The molecule has 15 heavy (non-hydrogen) atoms. The van der Waals surface area contributed by atoms with Crippen LogP contribution in [0.5, 0.6) is 0 Å². The molecule has 0 amide bonds. The Morgan fingerprint density at radius 1 is 1.27 bits per heavy atom. The Morgan fingerprint density at radius 2 is 2.07 bits per heavy atom. The molecule has 0 N–H and O–H groups in total. The van der Waals surface area contributed by atoms with Crippen molar-refractivity contribution in [3.8, 4) is 0 Å². The van der Waals surface area contributed by atoms with Crippen LogP contribution in [0.4, 0.5) is 0 Å². The summed E-state index contributed by atoms with van der Waals surface area (Å²) in [4.78, 5) is 0. The van der Waals surface area contributed by atoms with Gasteiger partial charge < -0.3 is 0 Å². The maximum Gasteiger partial charge on any atom is 0.171 e. The predicted octanol–water partition coefficient (Wildman–Crippen LogP) is 3.81. The van der Waals surface area contributed by atoms with Gasteiger partial charge in [-0.3, -0.25) is 0 Å². The lowest BCUT2D eigenvalue weighted by Crippen LogP contribution is -2.37. The second kappa shape index (κ2) is 6.60. The Morgan fingerprint density at radius 3 is 2.73 bits per heavy atom. The van der Waals surface area contributed by atoms with Gasteiger partial charge in [0.15, 0.2) is 18.4 Å². The van der Waals surface area contributed by atoms with E-state index in [1.54, 1.807) is 0 Å². The molecule has 0 saturated heterocycles. The van der Waals surface area contributed by atoms with Gasteiger partial charge >= 0.3 is 0 Å². The van der Waals surface area contributed by atoms with Crippen molar-refractivity contribution in [1.29, 1.82) is 0 Å². The van der Waals surface area contributed by atoms with Gasteiger partial charge in [0.1, 0.15) is 0 Å². The molecule has 0 saturated carbocycles. The summed E-state index contributed by atoms with van der Waals surface area (Å²) >= 11 is 0. The molecule has 0 aromatic carbocycles. The van der Waals surface area contributed by atoms with Gasteiger partial charge in [-0.15, -0.1) is 0 Å². The van der Waals surface area contributed by atoms with Crippen LogP contribution in [-0.2, 0) is 0 Å². The Bertz CT molecular complexity index is 280. The highest BCUT2D eigenvalue weighted by molar-refractivity contribution is 5.01. The van der Waals surface area contributed by atoms with Gasteiger partial charge in [-0.25, -0.2) is 4.57 Å². The zero-order valence-corrected chi connectivity index (χ0v) is 10.4. The number of rotatable bonds is 6. The number of nitrogens with zero attached hydrogens (tertiary/aromatic N) is 1. The summed E-state index contributed by atoms with van der Waals surface area (Å²) in [5, 5.41) is 0. The van der Waals surface area contributed by atoms with Crippen molar-refractivity contribution in [3.63, 3.8) is 0 Å². The molecule has 1 aromatic rings. The quantitative estimate of drug-likeness (QED) is 0.492. The summed E-state index contributed by atoms with van der Waals surface area (Å²) in [5.41, 5.74) is 1.35. The van der Waals surface area contributed by atoms with Crippen LogP contribution < -0.4 is 4.57 Å². The number of hydrogen-bond acceptors (Lipinski definition) is 0. The van der Waals surface area contributed by atoms with E-state index in [1.165, 1.54) is 37.7 Å². The lowest BCUT2D eigenvalue weighted by molar-refractivity contribution is -0.720. The number of aryl methyl sites for hydroxylation is 1. The Hall–Kier alpha value is -0.850. The normalized spacial score (nSPS) is 12.7. The summed E-state index contributed by atoms with van der Waals surface area (Å²) in [6.45, 7) is 6.73. The third kappa shape index (κ3) is 4.46. The molecule has 0 fully saturated rings. The van der Waals surface area contributed by atoms with Crippen molar-refractivity contribution in [2.45, 2.75) is 58.9 Å². The van der Waals surface area contributed by atoms with Gasteiger partial charge in [-0.2, -0.15) is 0 Å². The SMILES string of the molecule is CCCCCCC(C)[n+]1cccc(C)c1. The largest absolute Gasteiger partial charge is 0.203 e. The van der Waals surface area contributed by atoms with Gasteiger partial charge in [-0.1, -0.05) is 26.2 Å². The molecule has 0 aliphatic carbocycles. The lowest BCUT2D eigenvalue weighted by Gasteiger charge is -2.07. The Kier molecular flexibility index (Phi) is 5.38. The van der Waals surface area contributed by atoms with Gasteiger partial charge in [0.05, 0.1) is 0 Å². The zero-order chi connectivity index (χ0) is 11.1. The molecule has 0 aliphatic heterocycles. The highest BCUT2D eigenvalue weighted by Gasteiger charge is 2.10. The summed E-state index contributed by atoms with van der Waals surface area (Å²) in [6, 6.07) is 4.93. The third-order valence-electron chi connectivity index (χ3n) is 2.95. The second-order valence-corrected chi connectivity index (χ2v) is 4.53. The minimum atomic E-state index is 0.641. The first-order valence-corrected chi connectivity index (χ1v) is 6.21. The fourth-order valence-electron chi connectivity index (χ4n) is 1.91. The van der Waals surface area contributed by atoms with E-state index in [0.29, 0.717) is 6.04 Å². The van der Waals surface area contributed by atoms with Gasteiger partial charge in [-0.05, 0) is 26.3 Å².